The number of hydrogen-bond donors (Lipinski definition) is 9. The summed E-state index contributed by atoms with van der Waals surface area (Å²) in [5.41, 5.74) is -0.940. The monoisotopic (exact) mass is 805 g/mol. The molecule has 0 aliphatic heterocycles. The van der Waals surface area contributed by atoms with Gasteiger partial charge in [-0.1, -0.05) is 213 Å². The first-order valence-corrected chi connectivity index (χ1v) is 24.2. The molecule has 0 amide bonds. The molecular weight excluding hydrogens is 714 g/mol. The average Bonchev–Trinajstić information content (AvgIpc) is 3.12. The van der Waals surface area contributed by atoms with E-state index in [9.17, 15) is 15.3 Å². The van der Waals surface area contributed by atoms with Gasteiger partial charge in [0.15, 0.2) is 0 Å². The van der Waals surface area contributed by atoms with Crippen molar-refractivity contribution in [3.8, 4) is 0 Å². The van der Waals surface area contributed by atoms with E-state index in [1.54, 1.807) is 0 Å². The summed E-state index contributed by atoms with van der Waals surface area (Å²) in [6.07, 6.45) is 43.7. The summed E-state index contributed by atoms with van der Waals surface area (Å²) in [4.78, 5) is 43.4. The summed E-state index contributed by atoms with van der Waals surface area (Å²) >= 11 is 0. The van der Waals surface area contributed by atoms with E-state index < -0.39 is 22.6 Å². The van der Waals surface area contributed by atoms with Crippen LogP contribution in [0.2, 0.25) is 0 Å². The lowest BCUT2D eigenvalue weighted by molar-refractivity contribution is -0.117. The minimum absolute atomic E-state index is 0.234. The van der Waals surface area contributed by atoms with Crippen LogP contribution in [0, 0.1) is 5.41 Å². The fourth-order valence-corrected chi connectivity index (χ4v) is 6.78. The van der Waals surface area contributed by atoms with E-state index in [-0.39, 0.29) is 25.9 Å². The molecule has 0 spiro atoms. The largest absolute Gasteiger partial charge is 0.396 e. The lowest BCUT2D eigenvalue weighted by Crippen LogP contribution is -2.46. The highest BCUT2D eigenvalue weighted by atomic mass is 31.2. The van der Waals surface area contributed by atoms with Crippen LogP contribution < -0.4 is 0 Å². The van der Waals surface area contributed by atoms with Crippen molar-refractivity contribution in [1.82, 2.24) is 0 Å². The molecule has 0 aliphatic carbocycles. The highest BCUT2D eigenvalue weighted by Gasteiger charge is 2.38. The van der Waals surface area contributed by atoms with Crippen LogP contribution >= 0.6 is 17.2 Å². The van der Waals surface area contributed by atoms with Crippen LogP contribution in [0.5, 0.6) is 0 Å². The first-order chi connectivity index (χ1) is 25.7. The molecule has 53 heavy (non-hydrogen) atoms. The molecule has 10 nitrogen and oxygen atoms in total. The maximum Gasteiger partial charge on any atom is 0.324 e. The third-order valence-electron chi connectivity index (χ3n) is 10.3. The van der Waals surface area contributed by atoms with Gasteiger partial charge in [-0.05, 0) is 12.8 Å². The zero-order chi connectivity index (χ0) is 40.1. The van der Waals surface area contributed by atoms with E-state index in [0.29, 0.717) is 6.61 Å². The summed E-state index contributed by atoms with van der Waals surface area (Å²) in [6.45, 7) is 4.53. The Morgan fingerprint density at radius 3 is 0.792 bits per heavy atom. The fourth-order valence-electron chi connectivity index (χ4n) is 6.78. The normalized spacial score (nSPS) is 12.2. The van der Waals surface area contributed by atoms with Gasteiger partial charge >= 0.3 is 17.2 Å². The van der Waals surface area contributed by atoms with E-state index in [4.69, 9.17) is 34.1 Å². The van der Waals surface area contributed by atoms with E-state index >= 15 is 0 Å². The second-order valence-corrected chi connectivity index (χ2v) is 16.2. The van der Waals surface area contributed by atoms with Crippen molar-refractivity contribution in [2.24, 2.45) is 5.41 Å². The van der Waals surface area contributed by atoms with E-state index in [1.807, 2.05) is 0 Å². The molecule has 0 fully saturated rings. The SMILES string of the molecule is CCCCCCCCCCCCCCCCCCOC(CCCCCCCCCCCCCCCCCC)C(CO)(CO)CO.OP(O)O.OP(O)O. The van der Waals surface area contributed by atoms with Gasteiger partial charge in [-0.25, -0.2) is 0 Å². The van der Waals surface area contributed by atoms with Crippen LogP contribution in [0.3, 0.4) is 0 Å². The van der Waals surface area contributed by atoms with Crippen molar-refractivity contribution in [3.63, 3.8) is 0 Å². The van der Waals surface area contributed by atoms with E-state index in [1.165, 1.54) is 186 Å². The van der Waals surface area contributed by atoms with Crippen LogP contribution in [0.25, 0.3) is 0 Å². The van der Waals surface area contributed by atoms with Gasteiger partial charge in [-0.15, -0.1) is 0 Å². The fraction of sp³-hybridized carbons (Fsp3) is 1.00. The van der Waals surface area contributed by atoms with Crippen molar-refractivity contribution in [2.45, 2.75) is 232 Å². The van der Waals surface area contributed by atoms with Gasteiger partial charge in [0.2, 0.25) is 0 Å². The first-order valence-electron chi connectivity index (χ1n) is 21.8. The Hall–Kier alpha value is 0.460. The maximum atomic E-state index is 10.0. The number of aliphatic hydroxyl groups is 3. The zero-order valence-corrected chi connectivity index (χ0v) is 36.4. The van der Waals surface area contributed by atoms with Gasteiger partial charge in [0.25, 0.3) is 0 Å². The molecule has 0 aromatic heterocycles. The Morgan fingerprint density at radius 2 is 0.566 bits per heavy atom. The molecule has 1 atom stereocenters. The van der Waals surface area contributed by atoms with Gasteiger partial charge in [-0.3, -0.25) is 0 Å². The van der Waals surface area contributed by atoms with Crippen LogP contribution in [0.15, 0.2) is 0 Å². The highest BCUT2D eigenvalue weighted by Crippen LogP contribution is 2.28. The quantitative estimate of drug-likeness (QED) is 0.0213. The van der Waals surface area contributed by atoms with E-state index in [0.717, 1.165) is 25.7 Å². The van der Waals surface area contributed by atoms with Crippen LogP contribution in [0.4, 0.5) is 0 Å². The Labute approximate surface area is 329 Å². The third-order valence-corrected chi connectivity index (χ3v) is 10.3. The molecule has 0 aromatic rings. The summed E-state index contributed by atoms with van der Waals surface area (Å²) in [7, 11) is -5.24. The molecule has 9 N–H and O–H groups in total. The predicted molar refractivity (Wildman–Crippen MR) is 224 cm³/mol. The van der Waals surface area contributed by atoms with Crippen molar-refractivity contribution >= 4 is 17.2 Å². The molecule has 324 valence electrons. The van der Waals surface area contributed by atoms with Gasteiger partial charge < -0.3 is 49.4 Å². The van der Waals surface area contributed by atoms with Gasteiger partial charge in [-0.2, -0.15) is 0 Å². The summed E-state index contributed by atoms with van der Waals surface area (Å²) in [6, 6.07) is 0. The first kappa shape index (κ1) is 57.8. The lowest BCUT2D eigenvalue weighted by Gasteiger charge is -2.36. The number of hydrogen-bond acceptors (Lipinski definition) is 10. The highest BCUT2D eigenvalue weighted by molar-refractivity contribution is 7.38. The van der Waals surface area contributed by atoms with Crippen molar-refractivity contribution in [1.29, 1.82) is 0 Å². The Balaban J connectivity index is -0.00000281. The van der Waals surface area contributed by atoms with Crippen molar-refractivity contribution in [2.75, 3.05) is 26.4 Å². The molecule has 0 saturated heterocycles. The third kappa shape index (κ3) is 48.5. The van der Waals surface area contributed by atoms with Crippen molar-refractivity contribution in [3.05, 3.63) is 0 Å². The Bertz CT molecular complexity index is 626. The second-order valence-electron chi connectivity index (χ2n) is 15.1. The number of rotatable bonds is 39. The summed E-state index contributed by atoms with van der Waals surface area (Å²) in [5.74, 6) is 0. The average molecular weight is 805 g/mol. The number of unbranched alkanes of at least 4 members (excludes halogenated alkanes) is 30. The lowest BCUT2D eigenvalue weighted by atomic mass is 9.81. The maximum absolute atomic E-state index is 10.0. The minimum atomic E-state index is -2.62. The molecule has 0 radical (unpaired) electrons. The molecule has 0 heterocycles. The second kappa shape index (κ2) is 48.6. The minimum Gasteiger partial charge on any atom is -0.396 e. The molecule has 0 rings (SSSR count). The smallest absolute Gasteiger partial charge is 0.324 e. The molecule has 0 aliphatic rings. The number of ether oxygens (including phenoxy) is 1. The van der Waals surface area contributed by atoms with Crippen LogP contribution in [0.1, 0.15) is 226 Å². The van der Waals surface area contributed by atoms with Gasteiger partial charge in [0.05, 0.1) is 31.3 Å². The van der Waals surface area contributed by atoms with Crippen LogP contribution in [-0.4, -0.2) is 77.2 Å². The van der Waals surface area contributed by atoms with Crippen LogP contribution in [-0.2, 0) is 4.74 Å². The molecule has 0 bridgehead atoms. The molecular formula is C41H90O10P2. The Morgan fingerprint density at radius 1 is 0.358 bits per heavy atom. The Kier molecular flexibility index (Phi) is 53.0. The molecule has 12 heteroatoms. The standard InChI is InChI=1S/C41H84O4.2H3O3P/c1-3-5-7-9-11-13-15-17-19-21-23-25-27-29-31-33-35-40(41(37-42,38-43)39-44)45-36-34-32-30-28-26-24-22-20-18-16-14-12-10-8-6-4-2;2*1-4(2)3/h40,42-44H,3-39H2,1-2H3;2*1-3H. The topological polar surface area (TPSA) is 191 Å². The molecule has 0 saturated carbocycles. The molecule has 0 aromatic carbocycles. The number of aliphatic hydroxyl groups excluding tert-OH is 3. The molecule has 1 unspecified atom stereocenters. The van der Waals surface area contributed by atoms with Crippen molar-refractivity contribution < 1.29 is 49.4 Å². The predicted octanol–water partition coefficient (Wildman–Crippen LogP) is 10.6. The summed E-state index contributed by atoms with van der Waals surface area (Å²) < 4.78 is 6.24. The zero-order valence-electron chi connectivity index (χ0n) is 34.6. The summed E-state index contributed by atoms with van der Waals surface area (Å²) in [5, 5.41) is 30.1. The van der Waals surface area contributed by atoms with Gasteiger partial charge in [0.1, 0.15) is 0 Å². The van der Waals surface area contributed by atoms with E-state index in [2.05, 4.69) is 13.8 Å². The van der Waals surface area contributed by atoms with Gasteiger partial charge in [0, 0.05) is 6.61 Å².